The van der Waals surface area contributed by atoms with Crippen LogP contribution in [-0.4, -0.2) is 41.0 Å². The maximum absolute atomic E-state index is 13.2. The fraction of sp³-hybridized carbons (Fsp3) is 0.261. The van der Waals surface area contributed by atoms with Crippen molar-refractivity contribution in [2.45, 2.75) is 18.8 Å². The van der Waals surface area contributed by atoms with Crippen LogP contribution in [0.2, 0.25) is 0 Å². The van der Waals surface area contributed by atoms with E-state index in [2.05, 4.69) is 9.97 Å². The van der Waals surface area contributed by atoms with Crippen LogP contribution < -0.4 is 4.74 Å². The highest BCUT2D eigenvalue weighted by molar-refractivity contribution is 5.94. The molecule has 1 aliphatic rings. The van der Waals surface area contributed by atoms with Crippen LogP contribution in [0.3, 0.4) is 0 Å². The molecule has 1 saturated heterocycles. The van der Waals surface area contributed by atoms with Crippen molar-refractivity contribution < 1.29 is 13.9 Å². The average molecular weight is 391 g/mol. The lowest BCUT2D eigenvalue weighted by atomic mass is 9.91. The Kier molecular flexibility index (Phi) is 5.51. The fourth-order valence-electron chi connectivity index (χ4n) is 3.86. The zero-order chi connectivity index (χ0) is 20.2. The summed E-state index contributed by atoms with van der Waals surface area (Å²) in [4.78, 5) is 23.9. The molecule has 1 amide bonds. The quantitative estimate of drug-likeness (QED) is 0.665. The number of carbonyl (C=O) groups excluding carboxylic acids is 1. The Morgan fingerprint density at radius 2 is 1.86 bits per heavy atom. The van der Waals surface area contributed by atoms with Gasteiger partial charge in [0, 0.05) is 42.5 Å². The normalized spacial score (nSPS) is 16.5. The number of hydrogen-bond acceptors (Lipinski definition) is 4. The van der Waals surface area contributed by atoms with E-state index in [1.165, 1.54) is 24.3 Å². The predicted octanol–water partition coefficient (Wildman–Crippen LogP) is 4.31. The third-order valence-corrected chi connectivity index (χ3v) is 5.28. The summed E-state index contributed by atoms with van der Waals surface area (Å²) in [5, 5.41) is 0. The molecule has 5 nitrogen and oxygen atoms in total. The molecular weight excluding hydrogens is 369 g/mol. The van der Waals surface area contributed by atoms with E-state index in [1.54, 1.807) is 19.5 Å². The number of para-hydroxylation sites is 1. The topological polar surface area (TPSA) is 55.3 Å². The standard InChI is InChI=1S/C23H22FN3O2/c1-29-20-7-3-2-6-19(20)22-21(25-12-13-26-22)17-5-4-14-27(15-17)23(28)16-8-10-18(24)11-9-16/h2-3,6-13,17H,4-5,14-15H2,1H3. The van der Waals surface area contributed by atoms with Gasteiger partial charge in [0.25, 0.3) is 5.91 Å². The molecule has 0 saturated carbocycles. The SMILES string of the molecule is COc1ccccc1-c1nccnc1C1CCCN(C(=O)c2ccc(F)cc2)C1. The van der Waals surface area contributed by atoms with Gasteiger partial charge in [0.05, 0.1) is 18.5 Å². The number of methoxy groups -OCH3 is 1. The highest BCUT2D eigenvalue weighted by Crippen LogP contribution is 2.35. The molecule has 0 aliphatic carbocycles. The third kappa shape index (κ3) is 3.97. The molecule has 2 heterocycles. The van der Waals surface area contributed by atoms with Gasteiger partial charge in [0.1, 0.15) is 11.6 Å². The molecule has 1 atom stereocenters. The van der Waals surface area contributed by atoms with E-state index in [1.807, 2.05) is 29.2 Å². The summed E-state index contributed by atoms with van der Waals surface area (Å²) in [6, 6.07) is 13.4. The van der Waals surface area contributed by atoms with E-state index in [-0.39, 0.29) is 17.6 Å². The molecule has 148 valence electrons. The van der Waals surface area contributed by atoms with Crippen molar-refractivity contribution in [1.29, 1.82) is 0 Å². The average Bonchev–Trinajstić information content (AvgIpc) is 2.79. The lowest BCUT2D eigenvalue weighted by Gasteiger charge is -2.33. The van der Waals surface area contributed by atoms with Crippen LogP contribution in [0.15, 0.2) is 60.9 Å². The van der Waals surface area contributed by atoms with Crippen LogP contribution in [-0.2, 0) is 0 Å². The van der Waals surface area contributed by atoms with Gasteiger partial charge in [-0.3, -0.25) is 14.8 Å². The van der Waals surface area contributed by atoms with Crippen LogP contribution >= 0.6 is 0 Å². The number of benzene rings is 2. The summed E-state index contributed by atoms with van der Waals surface area (Å²) in [5.74, 6) is 0.377. The van der Waals surface area contributed by atoms with Gasteiger partial charge in [0.2, 0.25) is 0 Å². The number of nitrogens with zero attached hydrogens (tertiary/aromatic N) is 3. The smallest absolute Gasteiger partial charge is 0.253 e. The van der Waals surface area contributed by atoms with Crippen molar-refractivity contribution in [2.75, 3.05) is 20.2 Å². The van der Waals surface area contributed by atoms with E-state index in [4.69, 9.17) is 4.74 Å². The Labute approximate surface area is 169 Å². The predicted molar refractivity (Wildman–Crippen MR) is 108 cm³/mol. The Morgan fingerprint density at radius 3 is 2.66 bits per heavy atom. The van der Waals surface area contributed by atoms with Gasteiger partial charge in [-0.15, -0.1) is 0 Å². The first-order valence-corrected chi connectivity index (χ1v) is 9.66. The monoisotopic (exact) mass is 391 g/mol. The maximum Gasteiger partial charge on any atom is 0.253 e. The lowest BCUT2D eigenvalue weighted by Crippen LogP contribution is -2.39. The summed E-state index contributed by atoms with van der Waals surface area (Å²) in [5.41, 5.74) is 3.04. The first-order valence-electron chi connectivity index (χ1n) is 9.66. The minimum absolute atomic E-state index is 0.0711. The second kappa shape index (κ2) is 8.39. The maximum atomic E-state index is 13.2. The van der Waals surface area contributed by atoms with E-state index < -0.39 is 0 Å². The van der Waals surface area contributed by atoms with Crippen LogP contribution in [0, 0.1) is 5.82 Å². The highest BCUT2D eigenvalue weighted by Gasteiger charge is 2.29. The lowest BCUT2D eigenvalue weighted by molar-refractivity contribution is 0.0706. The summed E-state index contributed by atoms with van der Waals surface area (Å²) < 4.78 is 18.7. The molecule has 4 rings (SSSR count). The molecule has 1 fully saturated rings. The summed E-state index contributed by atoms with van der Waals surface area (Å²) in [6.45, 7) is 1.23. The van der Waals surface area contributed by atoms with E-state index in [9.17, 15) is 9.18 Å². The molecule has 0 N–H and O–H groups in total. The van der Waals surface area contributed by atoms with Crippen molar-refractivity contribution in [2.24, 2.45) is 0 Å². The number of piperidine rings is 1. The Bertz CT molecular complexity index is 1010. The largest absolute Gasteiger partial charge is 0.496 e. The molecule has 0 spiro atoms. The van der Waals surface area contributed by atoms with Gasteiger partial charge in [-0.25, -0.2) is 4.39 Å². The number of aromatic nitrogens is 2. The zero-order valence-electron chi connectivity index (χ0n) is 16.2. The molecule has 1 aliphatic heterocycles. The zero-order valence-corrected chi connectivity index (χ0v) is 16.2. The van der Waals surface area contributed by atoms with E-state index >= 15 is 0 Å². The summed E-state index contributed by atoms with van der Waals surface area (Å²) >= 11 is 0. The molecule has 3 aromatic rings. The first-order chi connectivity index (χ1) is 14.2. The second-order valence-corrected chi connectivity index (χ2v) is 7.09. The van der Waals surface area contributed by atoms with E-state index in [0.29, 0.717) is 18.7 Å². The number of carbonyl (C=O) groups is 1. The number of rotatable bonds is 4. The van der Waals surface area contributed by atoms with Crippen molar-refractivity contribution in [3.8, 4) is 17.0 Å². The number of hydrogen-bond donors (Lipinski definition) is 0. The molecule has 1 aromatic heterocycles. The molecule has 0 radical (unpaired) electrons. The fourth-order valence-corrected chi connectivity index (χ4v) is 3.86. The molecule has 29 heavy (non-hydrogen) atoms. The second-order valence-electron chi connectivity index (χ2n) is 7.09. The van der Waals surface area contributed by atoms with Gasteiger partial charge < -0.3 is 9.64 Å². The molecular formula is C23H22FN3O2. The number of ether oxygens (including phenoxy) is 1. The molecule has 1 unspecified atom stereocenters. The molecule has 0 bridgehead atoms. The summed E-state index contributed by atoms with van der Waals surface area (Å²) in [7, 11) is 1.64. The van der Waals surface area contributed by atoms with Crippen molar-refractivity contribution in [3.63, 3.8) is 0 Å². The van der Waals surface area contributed by atoms with Crippen molar-refractivity contribution in [1.82, 2.24) is 14.9 Å². The minimum Gasteiger partial charge on any atom is -0.496 e. The van der Waals surface area contributed by atoms with Gasteiger partial charge >= 0.3 is 0 Å². The number of likely N-dealkylation sites (tertiary alicyclic amines) is 1. The molecule has 6 heteroatoms. The minimum atomic E-state index is -0.348. The van der Waals surface area contributed by atoms with Crippen LogP contribution in [0.1, 0.15) is 34.8 Å². The first kappa shape index (κ1) is 19.1. The van der Waals surface area contributed by atoms with Crippen LogP contribution in [0.5, 0.6) is 5.75 Å². The van der Waals surface area contributed by atoms with Gasteiger partial charge in [-0.2, -0.15) is 0 Å². The Hall–Kier alpha value is -3.28. The summed E-state index contributed by atoms with van der Waals surface area (Å²) in [6.07, 6.45) is 5.16. The van der Waals surface area contributed by atoms with Gasteiger partial charge in [0.15, 0.2) is 0 Å². The van der Waals surface area contributed by atoms with Gasteiger partial charge in [-0.05, 0) is 49.2 Å². The highest BCUT2D eigenvalue weighted by atomic mass is 19.1. The third-order valence-electron chi connectivity index (χ3n) is 5.28. The number of halogens is 1. The Balaban J connectivity index is 1.62. The van der Waals surface area contributed by atoms with Crippen LogP contribution in [0.25, 0.3) is 11.3 Å². The van der Waals surface area contributed by atoms with Gasteiger partial charge in [-0.1, -0.05) is 12.1 Å². The van der Waals surface area contributed by atoms with E-state index in [0.717, 1.165) is 35.5 Å². The van der Waals surface area contributed by atoms with Crippen molar-refractivity contribution >= 4 is 5.91 Å². The Morgan fingerprint density at radius 1 is 1.10 bits per heavy atom. The number of amides is 1. The molecule has 2 aromatic carbocycles. The van der Waals surface area contributed by atoms with Crippen LogP contribution in [0.4, 0.5) is 4.39 Å². The van der Waals surface area contributed by atoms with Crippen molar-refractivity contribution in [3.05, 3.63) is 78.0 Å².